The quantitative estimate of drug-likeness (QED) is 0.753. The predicted molar refractivity (Wildman–Crippen MR) is 57.6 cm³/mol. The number of aromatic nitrogens is 1. The Bertz CT molecular complexity index is 560. The first-order chi connectivity index (χ1) is 7.22. The topological polar surface area (TPSA) is 56.6 Å². The van der Waals surface area contributed by atoms with Crippen LogP contribution in [-0.2, 0) is 6.42 Å². The highest BCUT2D eigenvalue weighted by Gasteiger charge is 2.05. The number of H-pyrrole nitrogens is 1. The van der Waals surface area contributed by atoms with Crippen molar-refractivity contribution in [2.24, 2.45) is 0 Å². The highest BCUT2D eigenvalue weighted by molar-refractivity contribution is 5.98. The van der Waals surface area contributed by atoms with Crippen LogP contribution in [0, 0.1) is 11.3 Å². The van der Waals surface area contributed by atoms with E-state index >= 15 is 0 Å². The summed E-state index contributed by atoms with van der Waals surface area (Å²) in [5.41, 5.74) is 2.57. The zero-order valence-corrected chi connectivity index (χ0v) is 8.37. The Balaban J connectivity index is 2.57. The molecule has 15 heavy (non-hydrogen) atoms. The van der Waals surface area contributed by atoms with Crippen LogP contribution in [0.1, 0.15) is 22.8 Å². The molecule has 0 radical (unpaired) electrons. The maximum absolute atomic E-state index is 11.2. The fraction of sp³-hybridized carbons (Fsp3) is 0.167. The molecule has 0 bridgehead atoms. The van der Waals surface area contributed by atoms with E-state index in [0.717, 1.165) is 16.5 Å². The van der Waals surface area contributed by atoms with Gasteiger partial charge in [-0.05, 0) is 18.6 Å². The van der Waals surface area contributed by atoms with E-state index in [1.165, 1.54) is 0 Å². The number of aromatic amines is 1. The maximum Gasteiger partial charge on any atom is 0.159 e. The summed E-state index contributed by atoms with van der Waals surface area (Å²) >= 11 is 0. The van der Waals surface area contributed by atoms with Gasteiger partial charge in [0.1, 0.15) is 0 Å². The van der Waals surface area contributed by atoms with Gasteiger partial charge < -0.3 is 4.98 Å². The van der Waals surface area contributed by atoms with Gasteiger partial charge in [-0.3, -0.25) is 4.79 Å². The van der Waals surface area contributed by atoms with Crippen LogP contribution >= 0.6 is 0 Å². The fourth-order valence-corrected chi connectivity index (χ4v) is 1.64. The van der Waals surface area contributed by atoms with Crippen LogP contribution < -0.4 is 0 Å². The van der Waals surface area contributed by atoms with Crippen LogP contribution in [0.5, 0.6) is 0 Å². The molecule has 2 aromatic rings. The Labute approximate surface area is 87.3 Å². The summed E-state index contributed by atoms with van der Waals surface area (Å²) in [5, 5.41) is 9.64. The van der Waals surface area contributed by atoms with Crippen molar-refractivity contribution in [3.05, 3.63) is 35.5 Å². The van der Waals surface area contributed by atoms with Gasteiger partial charge in [0.05, 0.1) is 12.5 Å². The number of hydrogen-bond donors (Lipinski definition) is 1. The van der Waals surface area contributed by atoms with Gasteiger partial charge in [-0.25, -0.2) is 0 Å². The van der Waals surface area contributed by atoms with Crippen LogP contribution in [0.2, 0.25) is 0 Å². The summed E-state index contributed by atoms with van der Waals surface area (Å²) in [7, 11) is 0. The number of nitriles is 1. The molecule has 0 saturated heterocycles. The van der Waals surface area contributed by atoms with Gasteiger partial charge in [0.15, 0.2) is 5.78 Å². The minimum atomic E-state index is 0.0494. The summed E-state index contributed by atoms with van der Waals surface area (Å²) in [6.45, 7) is 1.54. The van der Waals surface area contributed by atoms with E-state index in [4.69, 9.17) is 5.26 Å². The van der Waals surface area contributed by atoms with Gasteiger partial charge in [-0.15, -0.1) is 0 Å². The Morgan fingerprint density at radius 3 is 3.00 bits per heavy atom. The number of nitrogens with one attached hydrogen (secondary N) is 1. The molecule has 1 heterocycles. The molecular formula is C12H10N2O. The highest BCUT2D eigenvalue weighted by Crippen LogP contribution is 2.20. The average Bonchev–Trinajstić information content (AvgIpc) is 2.61. The summed E-state index contributed by atoms with van der Waals surface area (Å²) < 4.78 is 0. The van der Waals surface area contributed by atoms with E-state index in [1.807, 2.05) is 18.3 Å². The molecule has 0 spiro atoms. The average molecular weight is 198 g/mol. The van der Waals surface area contributed by atoms with Crippen molar-refractivity contribution in [2.75, 3.05) is 0 Å². The molecule has 1 aromatic heterocycles. The lowest BCUT2D eigenvalue weighted by molar-refractivity contribution is 0.101. The number of benzene rings is 1. The third-order valence-corrected chi connectivity index (χ3v) is 2.44. The molecule has 74 valence electrons. The molecule has 3 heteroatoms. The molecule has 0 amide bonds. The minimum absolute atomic E-state index is 0.0494. The summed E-state index contributed by atoms with van der Waals surface area (Å²) in [5.74, 6) is 0.0494. The molecule has 1 N–H and O–H groups in total. The monoisotopic (exact) mass is 198 g/mol. The standard InChI is InChI=1S/C12H10N2O/c1-8(15)9-2-3-11-10(4-5-13)7-14-12(11)6-9/h2-3,6-7,14H,4H2,1H3. The molecule has 0 aliphatic heterocycles. The normalized spacial score (nSPS) is 10.1. The zero-order chi connectivity index (χ0) is 10.8. The first-order valence-corrected chi connectivity index (χ1v) is 4.70. The lowest BCUT2D eigenvalue weighted by Crippen LogP contribution is -1.90. The second kappa shape index (κ2) is 3.58. The number of nitrogens with zero attached hydrogens (tertiary/aromatic N) is 1. The number of Topliss-reactive ketones (excluding diaryl/α,β-unsaturated/α-hetero) is 1. The second-order valence-electron chi connectivity index (χ2n) is 3.47. The van der Waals surface area contributed by atoms with E-state index in [2.05, 4.69) is 11.1 Å². The van der Waals surface area contributed by atoms with E-state index in [-0.39, 0.29) is 5.78 Å². The van der Waals surface area contributed by atoms with Crippen molar-refractivity contribution < 1.29 is 4.79 Å². The molecule has 0 aliphatic rings. The van der Waals surface area contributed by atoms with E-state index < -0.39 is 0 Å². The number of carbonyl (C=O) groups is 1. The second-order valence-corrected chi connectivity index (χ2v) is 3.47. The number of hydrogen-bond acceptors (Lipinski definition) is 2. The van der Waals surface area contributed by atoms with Crippen molar-refractivity contribution in [3.63, 3.8) is 0 Å². The van der Waals surface area contributed by atoms with Gasteiger partial charge in [0.25, 0.3) is 0 Å². The van der Waals surface area contributed by atoms with Crippen LogP contribution in [0.4, 0.5) is 0 Å². The number of rotatable bonds is 2. The number of carbonyl (C=O) groups excluding carboxylic acids is 1. The van der Waals surface area contributed by atoms with E-state index in [9.17, 15) is 4.79 Å². The van der Waals surface area contributed by atoms with Crippen molar-refractivity contribution in [1.29, 1.82) is 5.26 Å². The Morgan fingerprint density at radius 2 is 2.33 bits per heavy atom. The molecule has 0 atom stereocenters. The van der Waals surface area contributed by atoms with Gasteiger partial charge in [0, 0.05) is 22.7 Å². The van der Waals surface area contributed by atoms with Crippen LogP contribution in [0.3, 0.4) is 0 Å². The lowest BCUT2D eigenvalue weighted by Gasteiger charge is -1.96. The van der Waals surface area contributed by atoms with E-state index in [1.54, 1.807) is 13.0 Å². The Morgan fingerprint density at radius 1 is 1.53 bits per heavy atom. The molecule has 1 aromatic carbocycles. The molecule has 0 unspecified atom stereocenters. The molecule has 3 nitrogen and oxygen atoms in total. The summed E-state index contributed by atoms with van der Waals surface area (Å²) in [6, 6.07) is 7.61. The van der Waals surface area contributed by atoms with Gasteiger partial charge >= 0.3 is 0 Å². The molecule has 2 rings (SSSR count). The van der Waals surface area contributed by atoms with Crippen LogP contribution in [-0.4, -0.2) is 10.8 Å². The maximum atomic E-state index is 11.2. The number of ketones is 1. The van der Waals surface area contributed by atoms with Gasteiger partial charge in [-0.1, -0.05) is 12.1 Å². The molecule has 0 aliphatic carbocycles. The van der Waals surface area contributed by atoms with Crippen LogP contribution in [0.25, 0.3) is 10.9 Å². The lowest BCUT2D eigenvalue weighted by atomic mass is 10.1. The van der Waals surface area contributed by atoms with Crippen molar-refractivity contribution in [3.8, 4) is 6.07 Å². The summed E-state index contributed by atoms with van der Waals surface area (Å²) in [4.78, 5) is 14.2. The molecular weight excluding hydrogens is 188 g/mol. The molecule has 0 saturated carbocycles. The van der Waals surface area contributed by atoms with Crippen molar-refractivity contribution in [2.45, 2.75) is 13.3 Å². The minimum Gasteiger partial charge on any atom is -0.361 e. The largest absolute Gasteiger partial charge is 0.361 e. The smallest absolute Gasteiger partial charge is 0.159 e. The highest BCUT2D eigenvalue weighted by atomic mass is 16.1. The third kappa shape index (κ3) is 1.62. The van der Waals surface area contributed by atoms with Crippen molar-refractivity contribution >= 4 is 16.7 Å². The third-order valence-electron chi connectivity index (χ3n) is 2.44. The SMILES string of the molecule is CC(=O)c1ccc2c(CC#N)c[nH]c2c1. The van der Waals surface area contributed by atoms with Crippen LogP contribution in [0.15, 0.2) is 24.4 Å². The number of fused-ring (bicyclic) bond motifs is 1. The predicted octanol–water partition coefficient (Wildman–Crippen LogP) is 2.44. The molecule has 0 fully saturated rings. The first kappa shape index (κ1) is 9.47. The van der Waals surface area contributed by atoms with Gasteiger partial charge in [0.2, 0.25) is 0 Å². The summed E-state index contributed by atoms with van der Waals surface area (Å²) in [6.07, 6.45) is 2.21. The Kier molecular flexibility index (Phi) is 2.26. The van der Waals surface area contributed by atoms with Gasteiger partial charge in [-0.2, -0.15) is 5.26 Å². The van der Waals surface area contributed by atoms with Crippen molar-refractivity contribution in [1.82, 2.24) is 4.98 Å². The van der Waals surface area contributed by atoms with E-state index in [0.29, 0.717) is 12.0 Å². The first-order valence-electron chi connectivity index (χ1n) is 4.70. The Hall–Kier alpha value is -2.08. The zero-order valence-electron chi connectivity index (χ0n) is 8.37. The fourth-order valence-electron chi connectivity index (χ4n) is 1.64.